The largest absolute Gasteiger partial charge is 0.494 e. The molecule has 174 valence electrons. The van der Waals surface area contributed by atoms with Crippen molar-refractivity contribution >= 4 is 23.2 Å². The average Bonchev–Trinajstić information content (AvgIpc) is 3.37. The van der Waals surface area contributed by atoms with Crippen LogP contribution in [-0.4, -0.2) is 24.5 Å². The van der Waals surface area contributed by atoms with E-state index in [1.165, 1.54) is 17.0 Å². The normalized spacial score (nSPS) is 21.8. The van der Waals surface area contributed by atoms with Gasteiger partial charge in [-0.2, -0.15) is 0 Å². The first kappa shape index (κ1) is 22.1. The second kappa shape index (κ2) is 9.27. The molecule has 7 heteroatoms. The topological polar surface area (TPSA) is 59.1 Å². The second-order valence-electron chi connectivity index (χ2n) is 8.42. The Labute approximate surface area is 197 Å². The maximum absolute atomic E-state index is 13.6. The second-order valence-corrected chi connectivity index (χ2v) is 8.42. The van der Waals surface area contributed by atoms with E-state index in [0.717, 1.165) is 12.8 Å². The first-order chi connectivity index (χ1) is 16.6. The third-order valence-corrected chi connectivity index (χ3v) is 6.20. The highest BCUT2D eigenvalue weighted by atomic mass is 19.1. The molecule has 3 aromatic rings. The van der Waals surface area contributed by atoms with Gasteiger partial charge in [0.25, 0.3) is 5.91 Å². The molecule has 2 aliphatic rings. The number of fused-ring (bicyclic) bond motifs is 1. The highest BCUT2D eigenvalue weighted by molar-refractivity contribution is 6.23. The van der Waals surface area contributed by atoms with E-state index < -0.39 is 24.0 Å². The molecule has 0 aromatic heterocycles. The first-order valence-electron chi connectivity index (χ1n) is 11.5. The van der Waals surface area contributed by atoms with Gasteiger partial charge in [-0.1, -0.05) is 43.7 Å². The Morgan fingerprint density at radius 2 is 1.59 bits per heavy atom. The van der Waals surface area contributed by atoms with E-state index in [0.29, 0.717) is 29.3 Å². The SMILES string of the molecule is CCCCOc1ccc(N2C(=O)[C@H]3[C@H](ON(c4ccccc4)[C@@H]3c3ccc(F)cc3)C2=O)cc1. The lowest BCUT2D eigenvalue weighted by molar-refractivity contribution is -0.126. The summed E-state index contributed by atoms with van der Waals surface area (Å²) < 4.78 is 19.3. The van der Waals surface area contributed by atoms with Gasteiger partial charge in [0.05, 0.1) is 24.0 Å². The zero-order valence-electron chi connectivity index (χ0n) is 18.8. The van der Waals surface area contributed by atoms with Gasteiger partial charge in [0.2, 0.25) is 5.91 Å². The molecule has 0 unspecified atom stereocenters. The number of carbonyl (C=O) groups excluding carboxylic acids is 2. The van der Waals surface area contributed by atoms with Crippen LogP contribution >= 0.6 is 0 Å². The number of para-hydroxylation sites is 1. The van der Waals surface area contributed by atoms with Crippen LogP contribution in [0.5, 0.6) is 5.75 Å². The molecule has 0 bridgehead atoms. The Morgan fingerprint density at radius 1 is 0.882 bits per heavy atom. The standard InChI is InChI=1S/C27H25FN2O4/c1-2-3-17-33-22-15-13-20(14-16-22)29-26(31)23-24(18-9-11-19(28)12-10-18)30(34-25(23)27(29)32)21-7-5-4-6-8-21/h4-16,23-25H,2-3,17H2,1H3/t23-,24-,25+/m1/s1. The smallest absolute Gasteiger partial charge is 0.266 e. The van der Waals surface area contributed by atoms with E-state index in [2.05, 4.69) is 6.92 Å². The molecule has 0 spiro atoms. The number of anilines is 2. The summed E-state index contributed by atoms with van der Waals surface area (Å²) in [5, 5.41) is 1.60. The quantitative estimate of drug-likeness (QED) is 0.365. The lowest BCUT2D eigenvalue weighted by Crippen LogP contribution is -2.37. The number of amides is 2. The molecule has 0 aliphatic carbocycles. The van der Waals surface area contributed by atoms with Gasteiger partial charge in [-0.25, -0.2) is 14.4 Å². The molecule has 0 saturated carbocycles. The lowest BCUT2D eigenvalue weighted by Gasteiger charge is -2.28. The number of rotatable bonds is 7. The number of imide groups is 1. The van der Waals surface area contributed by atoms with Crippen LogP contribution in [0.25, 0.3) is 0 Å². The Bertz CT molecular complexity index is 1170. The summed E-state index contributed by atoms with van der Waals surface area (Å²) >= 11 is 0. The number of hydroxylamine groups is 1. The summed E-state index contributed by atoms with van der Waals surface area (Å²) in [4.78, 5) is 34.3. The van der Waals surface area contributed by atoms with Gasteiger partial charge in [-0.3, -0.25) is 14.4 Å². The van der Waals surface area contributed by atoms with Crippen LogP contribution in [0.1, 0.15) is 31.4 Å². The highest BCUT2D eigenvalue weighted by Gasteiger charge is 2.60. The Balaban J connectivity index is 1.46. The van der Waals surface area contributed by atoms with E-state index >= 15 is 0 Å². The van der Waals surface area contributed by atoms with Crippen molar-refractivity contribution in [1.29, 1.82) is 0 Å². The molecular formula is C27H25FN2O4. The van der Waals surface area contributed by atoms with Crippen molar-refractivity contribution in [2.45, 2.75) is 31.9 Å². The minimum absolute atomic E-state index is 0.345. The van der Waals surface area contributed by atoms with Crippen LogP contribution in [0.15, 0.2) is 78.9 Å². The fourth-order valence-corrected chi connectivity index (χ4v) is 4.49. The van der Waals surface area contributed by atoms with Crippen molar-refractivity contribution in [1.82, 2.24) is 0 Å². The number of benzene rings is 3. The van der Waals surface area contributed by atoms with Crippen LogP contribution in [-0.2, 0) is 14.4 Å². The van der Waals surface area contributed by atoms with Gasteiger partial charge >= 0.3 is 0 Å². The monoisotopic (exact) mass is 460 g/mol. The summed E-state index contributed by atoms with van der Waals surface area (Å²) in [6.07, 6.45) is 1.02. The van der Waals surface area contributed by atoms with Gasteiger partial charge in [0.15, 0.2) is 6.10 Å². The molecule has 0 radical (unpaired) electrons. The molecule has 2 fully saturated rings. The summed E-state index contributed by atoms with van der Waals surface area (Å²) in [5.41, 5.74) is 1.88. The molecule has 2 amide bonds. The molecule has 5 rings (SSSR count). The fourth-order valence-electron chi connectivity index (χ4n) is 4.49. The fraction of sp³-hybridized carbons (Fsp3) is 0.259. The molecule has 3 atom stereocenters. The molecule has 2 aliphatic heterocycles. The minimum atomic E-state index is -0.969. The molecule has 2 heterocycles. The zero-order valence-corrected chi connectivity index (χ0v) is 18.8. The zero-order chi connectivity index (χ0) is 23.7. The van der Waals surface area contributed by atoms with Crippen LogP contribution in [0, 0.1) is 11.7 Å². The number of carbonyl (C=O) groups is 2. The van der Waals surface area contributed by atoms with Gasteiger partial charge in [0, 0.05) is 0 Å². The minimum Gasteiger partial charge on any atom is -0.494 e. The third-order valence-electron chi connectivity index (χ3n) is 6.20. The number of ether oxygens (including phenoxy) is 1. The molecule has 3 aromatic carbocycles. The van der Waals surface area contributed by atoms with Crippen LogP contribution < -0.4 is 14.7 Å². The van der Waals surface area contributed by atoms with E-state index in [1.54, 1.807) is 41.5 Å². The van der Waals surface area contributed by atoms with E-state index in [-0.39, 0.29) is 11.7 Å². The maximum atomic E-state index is 13.6. The van der Waals surface area contributed by atoms with Crippen molar-refractivity contribution in [2.24, 2.45) is 5.92 Å². The van der Waals surface area contributed by atoms with Crippen molar-refractivity contribution in [3.05, 3.63) is 90.2 Å². The summed E-state index contributed by atoms with van der Waals surface area (Å²) in [5.74, 6) is -1.21. The van der Waals surface area contributed by atoms with Gasteiger partial charge < -0.3 is 4.74 Å². The molecule has 6 nitrogen and oxygen atoms in total. The Kier molecular flexibility index (Phi) is 6.02. The summed E-state index contributed by atoms with van der Waals surface area (Å²) in [6, 6.07) is 21.6. The van der Waals surface area contributed by atoms with Gasteiger partial charge in [0.1, 0.15) is 17.5 Å². The number of unbranched alkanes of at least 4 members (excludes halogenated alkanes) is 1. The van der Waals surface area contributed by atoms with Crippen LogP contribution in [0.2, 0.25) is 0 Å². The molecule has 0 N–H and O–H groups in total. The predicted octanol–water partition coefficient (Wildman–Crippen LogP) is 5.06. The Morgan fingerprint density at radius 3 is 2.26 bits per heavy atom. The van der Waals surface area contributed by atoms with E-state index in [9.17, 15) is 14.0 Å². The first-order valence-corrected chi connectivity index (χ1v) is 11.5. The van der Waals surface area contributed by atoms with Gasteiger partial charge in [-0.05, 0) is 60.5 Å². The van der Waals surface area contributed by atoms with Crippen molar-refractivity contribution in [2.75, 3.05) is 16.6 Å². The van der Waals surface area contributed by atoms with E-state index in [4.69, 9.17) is 9.57 Å². The number of halogens is 1. The van der Waals surface area contributed by atoms with Crippen molar-refractivity contribution in [3.63, 3.8) is 0 Å². The summed E-state index contributed by atoms with van der Waals surface area (Å²) in [6.45, 7) is 2.71. The van der Waals surface area contributed by atoms with Crippen molar-refractivity contribution in [3.8, 4) is 5.75 Å². The van der Waals surface area contributed by atoms with Crippen molar-refractivity contribution < 1.29 is 23.6 Å². The maximum Gasteiger partial charge on any atom is 0.266 e. The number of hydrogen-bond donors (Lipinski definition) is 0. The molecule has 34 heavy (non-hydrogen) atoms. The van der Waals surface area contributed by atoms with Crippen LogP contribution in [0.3, 0.4) is 0 Å². The Hall–Kier alpha value is -3.71. The van der Waals surface area contributed by atoms with E-state index in [1.807, 2.05) is 30.3 Å². The van der Waals surface area contributed by atoms with Crippen LogP contribution in [0.4, 0.5) is 15.8 Å². The average molecular weight is 461 g/mol. The van der Waals surface area contributed by atoms with Gasteiger partial charge in [-0.15, -0.1) is 0 Å². The number of hydrogen-bond acceptors (Lipinski definition) is 5. The molecule has 2 saturated heterocycles. The highest BCUT2D eigenvalue weighted by Crippen LogP contribution is 2.47. The lowest BCUT2D eigenvalue weighted by atomic mass is 9.90. The predicted molar refractivity (Wildman–Crippen MR) is 126 cm³/mol. The number of nitrogens with zero attached hydrogens (tertiary/aromatic N) is 2. The molecular weight excluding hydrogens is 435 g/mol. The summed E-state index contributed by atoms with van der Waals surface area (Å²) in [7, 11) is 0. The third kappa shape index (κ3) is 3.92.